The number of ketones is 1. The molecule has 13 heteroatoms. The van der Waals surface area contributed by atoms with Gasteiger partial charge in [-0.15, -0.1) is 0 Å². The van der Waals surface area contributed by atoms with E-state index in [1.807, 2.05) is 0 Å². The van der Waals surface area contributed by atoms with Crippen LogP contribution in [0.3, 0.4) is 0 Å². The van der Waals surface area contributed by atoms with Gasteiger partial charge < -0.3 is 28.4 Å². The van der Waals surface area contributed by atoms with Crippen molar-refractivity contribution in [3.05, 3.63) is 149 Å². The first-order chi connectivity index (χ1) is 28.4. The lowest BCUT2D eigenvalue weighted by atomic mass is 10.0. The highest BCUT2D eigenvalue weighted by Crippen LogP contribution is 2.27. The van der Waals surface area contributed by atoms with Crippen LogP contribution in [-0.2, 0) is 24.0 Å². The molecular weight excluding hydrogens is 792 g/mol. The smallest absolute Gasteiger partial charge is 0.355 e. The molecule has 0 bridgehead atoms. The summed E-state index contributed by atoms with van der Waals surface area (Å²) in [7, 11) is 0. The quantitative estimate of drug-likeness (QED) is 0.0480. The molecule has 60 heavy (non-hydrogen) atoms. The van der Waals surface area contributed by atoms with Crippen molar-refractivity contribution in [3.63, 3.8) is 0 Å². The van der Waals surface area contributed by atoms with Gasteiger partial charge in [0.2, 0.25) is 5.60 Å². The van der Waals surface area contributed by atoms with Crippen molar-refractivity contribution in [2.75, 3.05) is 0 Å². The summed E-state index contributed by atoms with van der Waals surface area (Å²) in [5, 5.41) is 0.546. The third-order valence-corrected chi connectivity index (χ3v) is 7.99. The van der Waals surface area contributed by atoms with Gasteiger partial charge in [0, 0.05) is 56.0 Å². The molecule has 0 aliphatic carbocycles. The second-order valence-electron chi connectivity index (χ2n) is 13.3. The fourth-order valence-corrected chi connectivity index (χ4v) is 5.28. The normalized spacial score (nSPS) is 10.7. The van der Waals surface area contributed by atoms with Crippen molar-refractivity contribution in [2.24, 2.45) is 0 Å². The zero-order valence-electron chi connectivity index (χ0n) is 33.6. The van der Waals surface area contributed by atoms with Gasteiger partial charge in [0.15, 0.2) is 5.78 Å². The minimum Gasteiger partial charge on any atom is -0.476 e. The standard InChI is InChI=1S/C35H29ClO8.C12H12O4/c1-22(37)41-31-19-25(20-32(21-31)42-23(2)38)6-5-24-7-15-29(16-8-24)43-34(40)35(3,4)44-30-17-11-27(12-18-30)33(39)26-9-13-28(36)14-10-26;1-4-10-5-11(15-8(2)13)7-12(6-10)16-9(3)14/h5-21H,1-4H3;4-7H,1H2,2-3H3/b6-5+;. The van der Waals surface area contributed by atoms with E-state index in [0.717, 1.165) is 5.56 Å². The predicted molar refractivity (Wildman–Crippen MR) is 225 cm³/mol. The van der Waals surface area contributed by atoms with Gasteiger partial charge in [-0.3, -0.25) is 24.0 Å². The average molecular weight is 833 g/mol. The van der Waals surface area contributed by atoms with E-state index >= 15 is 0 Å². The van der Waals surface area contributed by atoms with Crippen LogP contribution in [0.15, 0.2) is 116 Å². The van der Waals surface area contributed by atoms with Gasteiger partial charge in [-0.1, -0.05) is 48.5 Å². The summed E-state index contributed by atoms with van der Waals surface area (Å²) in [5.74, 6) is -0.800. The average Bonchev–Trinajstić information content (AvgIpc) is 3.17. The van der Waals surface area contributed by atoms with Gasteiger partial charge in [-0.25, -0.2) is 4.79 Å². The van der Waals surface area contributed by atoms with Crippen LogP contribution in [0.25, 0.3) is 18.2 Å². The molecule has 0 saturated heterocycles. The lowest BCUT2D eigenvalue weighted by Crippen LogP contribution is -2.41. The number of rotatable bonds is 13. The fraction of sp³-hybridized carbons (Fsp3) is 0.149. The van der Waals surface area contributed by atoms with Gasteiger partial charge in [-0.05, 0) is 115 Å². The van der Waals surface area contributed by atoms with E-state index in [9.17, 15) is 28.8 Å². The third-order valence-electron chi connectivity index (χ3n) is 7.73. The van der Waals surface area contributed by atoms with E-state index in [1.54, 1.807) is 129 Å². The van der Waals surface area contributed by atoms with E-state index in [1.165, 1.54) is 39.8 Å². The lowest BCUT2D eigenvalue weighted by molar-refractivity contribution is -0.149. The van der Waals surface area contributed by atoms with E-state index < -0.39 is 35.4 Å². The van der Waals surface area contributed by atoms with Crippen LogP contribution < -0.4 is 28.4 Å². The Morgan fingerprint density at radius 2 is 0.867 bits per heavy atom. The minimum atomic E-state index is -1.33. The molecular formula is C47H41ClO12. The monoisotopic (exact) mass is 832 g/mol. The fourth-order valence-electron chi connectivity index (χ4n) is 5.15. The first-order valence-electron chi connectivity index (χ1n) is 18.1. The number of benzene rings is 5. The Balaban J connectivity index is 0.000000416. The second-order valence-corrected chi connectivity index (χ2v) is 13.8. The Bertz CT molecular complexity index is 2340. The van der Waals surface area contributed by atoms with Crippen LogP contribution in [0.5, 0.6) is 34.5 Å². The van der Waals surface area contributed by atoms with Gasteiger partial charge >= 0.3 is 29.8 Å². The SMILES string of the molecule is C=Cc1cc(OC(C)=O)cc(OC(C)=O)c1.CC(=O)Oc1cc(/C=C/c2ccc(OC(=O)C(C)(C)Oc3ccc(C(=O)c4ccc(Cl)cc4)cc3)cc2)cc(OC(C)=O)c1. The number of halogens is 1. The third kappa shape index (κ3) is 14.6. The minimum absolute atomic E-state index is 0.160. The summed E-state index contributed by atoms with van der Waals surface area (Å²) in [5.41, 5.74) is 1.78. The Hall–Kier alpha value is -7.31. The number of esters is 5. The van der Waals surface area contributed by atoms with Crippen LogP contribution in [0.1, 0.15) is 74.2 Å². The Morgan fingerprint density at radius 1 is 0.483 bits per heavy atom. The van der Waals surface area contributed by atoms with Gasteiger partial charge in [-0.2, -0.15) is 0 Å². The van der Waals surface area contributed by atoms with Crippen molar-refractivity contribution in [2.45, 2.75) is 47.1 Å². The summed E-state index contributed by atoms with van der Waals surface area (Å²) < 4.78 is 31.5. The molecule has 0 aliphatic rings. The number of carbonyl (C=O) groups excluding carboxylic acids is 6. The molecule has 0 heterocycles. The first kappa shape index (κ1) is 45.4. The maximum absolute atomic E-state index is 12.9. The Labute approximate surface area is 351 Å². The summed E-state index contributed by atoms with van der Waals surface area (Å²) in [6.07, 6.45) is 5.12. The zero-order chi connectivity index (χ0) is 44.0. The highest BCUT2D eigenvalue weighted by molar-refractivity contribution is 6.30. The molecule has 0 N–H and O–H groups in total. The van der Waals surface area contributed by atoms with Crippen LogP contribution in [0, 0.1) is 0 Å². The lowest BCUT2D eigenvalue weighted by Gasteiger charge is -2.24. The zero-order valence-corrected chi connectivity index (χ0v) is 34.4. The molecule has 0 atom stereocenters. The van der Waals surface area contributed by atoms with Crippen LogP contribution in [0.4, 0.5) is 0 Å². The van der Waals surface area contributed by atoms with Gasteiger partial charge in [0.25, 0.3) is 0 Å². The number of hydrogen-bond acceptors (Lipinski definition) is 12. The molecule has 308 valence electrons. The predicted octanol–water partition coefficient (Wildman–Crippen LogP) is 9.54. The summed E-state index contributed by atoms with van der Waals surface area (Å²) >= 11 is 5.90. The molecule has 5 rings (SSSR count). The van der Waals surface area contributed by atoms with Crippen LogP contribution >= 0.6 is 11.6 Å². The summed E-state index contributed by atoms with van der Waals surface area (Å²) in [4.78, 5) is 70.0. The maximum Gasteiger partial charge on any atom is 0.355 e. The van der Waals surface area contributed by atoms with Gasteiger partial charge in [0.05, 0.1) is 0 Å². The van der Waals surface area contributed by atoms with E-state index in [4.69, 9.17) is 40.0 Å². The van der Waals surface area contributed by atoms with Crippen LogP contribution in [-0.4, -0.2) is 41.2 Å². The van der Waals surface area contributed by atoms with Gasteiger partial charge in [0.1, 0.15) is 34.5 Å². The number of carbonyl (C=O) groups is 6. The largest absolute Gasteiger partial charge is 0.476 e. The Morgan fingerprint density at radius 3 is 1.28 bits per heavy atom. The summed E-state index contributed by atoms with van der Waals surface area (Å²) in [6.45, 7) is 11.9. The number of ether oxygens (including phenoxy) is 6. The highest BCUT2D eigenvalue weighted by Gasteiger charge is 2.32. The highest BCUT2D eigenvalue weighted by atomic mass is 35.5. The molecule has 5 aromatic carbocycles. The topological polar surface area (TPSA) is 158 Å². The maximum atomic E-state index is 12.9. The van der Waals surface area contributed by atoms with E-state index in [0.29, 0.717) is 50.3 Å². The molecule has 0 aliphatic heterocycles. The molecule has 0 amide bonds. The summed E-state index contributed by atoms with van der Waals surface area (Å²) in [6, 6.07) is 29.4. The van der Waals surface area contributed by atoms with E-state index in [-0.39, 0.29) is 17.3 Å². The molecule has 5 aromatic rings. The van der Waals surface area contributed by atoms with Crippen molar-refractivity contribution in [1.82, 2.24) is 0 Å². The molecule has 0 unspecified atom stereocenters. The van der Waals surface area contributed by atoms with Crippen LogP contribution in [0.2, 0.25) is 5.02 Å². The molecule has 0 fully saturated rings. The Kier molecular flexibility index (Phi) is 15.8. The number of hydrogen-bond donors (Lipinski definition) is 0. The van der Waals surface area contributed by atoms with Crippen molar-refractivity contribution < 1.29 is 57.2 Å². The molecule has 0 saturated carbocycles. The van der Waals surface area contributed by atoms with E-state index in [2.05, 4.69) is 6.58 Å². The molecule has 0 radical (unpaired) electrons. The van der Waals surface area contributed by atoms with Crippen molar-refractivity contribution in [1.29, 1.82) is 0 Å². The molecule has 0 aromatic heterocycles. The second kappa shape index (κ2) is 20.9. The molecule has 12 nitrogen and oxygen atoms in total. The van der Waals surface area contributed by atoms with Crippen molar-refractivity contribution >= 4 is 65.5 Å². The molecule has 0 spiro atoms. The first-order valence-corrected chi connectivity index (χ1v) is 18.5. The van der Waals surface area contributed by atoms with Crippen molar-refractivity contribution in [3.8, 4) is 34.5 Å².